The average Bonchev–Trinajstić information content (AvgIpc) is 2.51. The van der Waals surface area contributed by atoms with E-state index in [0.29, 0.717) is 5.92 Å². The second kappa shape index (κ2) is 5.49. The van der Waals surface area contributed by atoms with Gasteiger partial charge in [-0.1, -0.05) is 40.3 Å². The largest absolute Gasteiger partial charge is 0.369 e. The van der Waals surface area contributed by atoms with Crippen molar-refractivity contribution in [2.45, 2.75) is 58.0 Å². The summed E-state index contributed by atoms with van der Waals surface area (Å²) in [6.45, 7) is 11.9. The molecule has 100 valence electrons. The van der Waals surface area contributed by atoms with E-state index in [1.165, 1.54) is 6.08 Å². The van der Waals surface area contributed by atoms with Crippen LogP contribution in [0.3, 0.4) is 0 Å². The predicted molar refractivity (Wildman–Crippen MR) is 69.8 cm³/mol. The Morgan fingerprint density at radius 1 is 1.41 bits per heavy atom. The fraction of sp³-hybridized carbons (Fsp3) is 0.857. The van der Waals surface area contributed by atoms with E-state index in [1.807, 2.05) is 13.8 Å². The first kappa shape index (κ1) is 14.7. The van der Waals surface area contributed by atoms with E-state index in [-0.39, 0.29) is 18.1 Å². The van der Waals surface area contributed by atoms with E-state index in [0.717, 1.165) is 6.42 Å². The van der Waals surface area contributed by atoms with Crippen LogP contribution in [0, 0.1) is 11.8 Å². The number of halogens is 1. The van der Waals surface area contributed by atoms with E-state index in [2.05, 4.69) is 25.7 Å². The summed E-state index contributed by atoms with van der Waals surface area (Å²) < 4.78 is 21.0. The van der Waals surface area contributed by atoms with Crippen molar-refractivity contribution in [2.24, 2.45) is 11.8 Å². The minimum atomic E-state index is -1.47. The summed E-state index contributed by atoms with van der Waals surface area (Å²) in [6.07, 6.45) is 1.81. The van der Waals surface area contributed by atoms with Crippen LogP contribution >= 0.6 is 0 Å². The Morgan fingerprint density at radius 2 is 2.00 bits per heavy atom. The van der Waals surface area contributed by atoms with Crippen molar-refractivity contribution in [2.75, 3.05) is 7.05 Å². The maximum absolute atomic E-state index is 15.0. The van der Waals surface area contributed by atoms with Gasteiger partial charge in [-0.3, -0.25) is 0 Å². The number of ether oxygens (including phenoxy) is 1. The number of likely N-dealkylation sites (N-methyl/N-ethyl adjacent to an activating group) is 1. The summed E-state index contributed by atoms with van der Waals surface area (Å²) in [6, 6.07) is -0.296. The Balaban J connectivity index is 2.96. The highest BCUT2D eigenvalue weighted by atomic mass is 19.1. The maximum atomic E-state index is 15.0. The van der Waals surface area contributed by atoms with Crippen LogP contribution in [0.2, 0.25) is 0 Å². The summed E-state index contributed by atoms with van der Waals surface area (Å²) in [4.78, 5) is 0. The fourth-order valence-corrected chi connectivity index (χ4v) is 2.81. The lowest BCUT2D eigenvalue weighted by Gasteiger charge is -2.30. The van der Waals surface area contributed by atoms with Gasteiger partial charge in [0.05, 0.1) is 18.2 Å². The quantitative estimate of drug-likeness (QED) is 0.750. The molecule has 2 nitrogen and oxygen atoms in total. The molecule has 0 radical (unpaired) electrons. The first-order chi connectivity index (χ1) is 7.86. The molecule has 0 unspecified atom stereocenters. The summed E-state index contributed by atoms with van der Waals surface area (Å²) in [5.74, 6) is 0.641. The molecule has 0 amide bonds. The van der Waals surface area contributed by atoms with Crippen LogP contribution in [0.15, 0.2) is 12.7 Å². The molecule has 1 aliphatic rings. The number of hydrogen-bond donors (Lipinski definition) is 1. The zero-order chi connectivity index (χ0) is 13.2. The lowest BCUT2D eigenvalue weighted by Crippen LogP contribution is -2.51. The molecule has 0 bridgehead atoms. The molecule has 0 aromatic rings. The zero-order valence-corrected chi connectivity index (χ0v) is 11.7. The van der Waals surface area contributed by atoms with Crippen LogP contribution in [-0.2, 0) is 4.74 Å². The van der Waals surface area contributed by atoms with Crippen LogP contribution in [0.25, 0.3) is 0 Å². The van der Waals surface area contributed by atoms with Crippen LogP contribution in [0.1, 0.15) is 34.1 Å². The maximum Gasteiger partial charge on any atom is 0.172 e. The minimum absolute atomic E-state index is 0.0737. The number of rotatable bonds is 5. The Bertz CT molecular complexity index is 267. The molecule has 0 aliphatic carbocycles. The van der Waals surface area contributed by atoms with Gasteiger partial charge in [0.1, 0.15) is 0 Å². The number of alkyl halides is 1. The average molecular weight is 243 g/mol. The standard InChI is InChI=1S/C14H26FNO/c1-7-14(15)12(16-6)11(8-9(2)3)17-13(14)10(4)5/h7,9-13,16H,1,8H2,2-6H3/t11-,12+,13+,14-/m1/s1. The van der Waals surface area contributed by atoms with Crippen molar-refractivity contribution >= 4 is 0 Å². The van der Waals surface area contributed by atoms with Gasteiger partial charge in [0.15, 0.2) is 5.67 Å². The van der Waals surface area contributed by atoms with Crippen LogP contribution in [-0.4, -0.2) is 31.0 Å². The molecule has 0 saturated carbocycles. The van der Waals surface area contributed by atoms with Crippen molar-refractivity contribution in [1.82, 2.24) is 5.32 Å². The fourth-order valence-electron chi connectivity index (χ4n) is 2.81. The molecule has 4 atom stereocenters. The van der Waals surface area contributed by atoms with Gasteiger partial charge in [0.2, 0.25) is 0 Å². The number of nitrogens with one attached hydrogen (secondary N) is 1. The molecule has 1 rings (SSSR count). The monoisotopic (exact) mass is 243 g/mol. The van der Waals surface area contributed by atoms with Crippen LogP contribution in [0.4, 0.5) is 4.39 Å². The highest BCUT2D eigenvalue weighted by molar-refractivity contribution is 5.16. The Kier molecular flexibility index (Phi) is 4.73. The van der Waals surface area contributed by atoms with Crippen LogP contribution in [0.5, 0.6) is 0 Å². The molecule has 0 aromatic carbocycles. The normalized spacial score (nSPS) is 38.0. The Labute approximate surface area is 105 Å². The third-order valence-corrected chi connectivity index (χ3v) is 3.54. The van der Waals surface area contributed by atoms with Gasteiger partial charge >= 0.3 is 0 Å². The second-order valence-electron chi connectivity index (χ2n) is 5.77. The van der Waals surface area contributed by atoms with Crippen molar-refractivity contribution < 1.29 is 9.13 Å². The van der Waals surface area contributed by atoms with E-state index in [9.17, 15) is 0 Å². The predicted octanol–water partition coefficient (Wildman–Crippen LogP) is 2.94. The van der Waals surface area contributed by atoms with Gasteiger partial charge in [0, 0.05) is 0 Å². The summed E-state index contributed by atoms with van der Waals surface area (Å²) >= 11 is 0. The van der Waals surface area contributed by atoms with Crippen molar-refractivity contribution in [3.8, 4) is 0 Å². The summed E-state index contributed by atoms with van der Waals surface area (Å²) in [7, 11) is 1.79. The minimum Gasteiger partial charge on any atom is -0.369 e. The highest BCUT2D eigenvalue weighted by Gasteiger charge is 2.55. The Hall–Kier alpha value is -0.410. The topological polar surface area (TPSA) is 21.3 Å². The Morgan fingerprint density at radius 3 is 2.35 bits per heavy atom. The molecule has 17 heavy (non-hydrogen) atoms. The van der Waals surface area contributed by atoms with E-state index in [4.69, 9.17) is 4.74 Å². The molecule has 1 aliphatic heterocycles. The second-order valence-corrected chi connectivity index (χ2v) is 5.77. The van der Waals surface area contributed by atoms with Crippen molar-refractivity contribution in [3.05, 3.63) is 12.7 Å². The molecule has 1 saturated heterocycles. The first-order valence-corrected chi connectivity index (χ1v) is 6.52. The zero-order valence-electron chi connectivity index (χ0n) is 11.7. The molecule has 1 heterocycles. The molecule has 3 heteroatoms. The summed E-state index contributed by atoms with van der Waals surface area (Å²) in [5.41, 5.74) is -1.47. The van der Waals surface area contributed by atoms with Gasteiger partial charge in [-0.25, -0.2) is 4.39 Å². The van der Waals surface area contributed by atoms with Crippen LogP contribution < -0.4 is 5.32 Å². The molecule has 0 aromatic heterocycles. The van der Waals surface area contributed by atoms with Crippen molar-refractivity contribution in [1.29, 1.82) is 0 Å². The van der Waals surface area contributed by atoms with Gasteiger partial charge in [-0.2, -0.15) is 0 Å². The third-order valence-electron chi connectivity index (χ3n) is 3.54. The van der Waals surface area contributed by atoms with Gasteiger partial charge in [-0.05, 0) is 25.3 Å². The first-order valence-electron chi connectivity index (χ1n) is 6.52. The van der Waals surface area contributed by atoms with Crippen molar-refractivity contribution in [3.63, 3.8) is 0 Å². The van der Waals surface area contributed by atoms with E-state index < -0.39 is 11.8 Å². The highest BCUT2D eigenvalue weighted by Crippen LogP contribution is 2.41. The molecular weight excluding hydrogens is 217 g/mol. The lowest BCUT2D eigenvalue weighted by atomic mass is 9.84. The van der Waals surface area contributed by atoms with Gasteiger partial charge < -0.3 is 10.1 Å². The smallest absolute Gasteiger partial charge is 0.172 e. The molecule has 1 fully saturated rings. The summed E-state index contributed by atoms with van der Waals surface area (Å²) in [5, 5.41) is 3.07. The number of hydrogen-bond acceptors (Lipinski definition) is 2. The van der Waals surface area contributed by atoms with E-state index >= 15 is 4.39 Å². The molecule has 1 N–H and O–H groups in total. The van der Waals surface area contributed by atoms with Gasteiger partial charge in [-0.15, -0.1) is 0 Å². The van der Waals surface area contributed by atoms with E-state index in [1.54, 1.807) is 7.05 Å². The van der Waals surface area contributed by atoms with Gasteiger partial charge in [0.25, 0.3) is 0 Å². The SMILES string of the molecule is C=C[C@]1(F)[C@H](C(C)C)O[C@H](CC(C)C)[C@@H]1NC. The molecule has 0 spiro atoms. The molecular formula is C14H26FNO. The third kappa shape index (κ3) is 2.71. The lowest BCUT2D eigenvalue weighted by molar-refractivity contribution is -0.0217.